The summed E-state index contributed by atoms with van der Waals surface area (Å²) in [6, 6.07) is 19.2. The Kier molecular flexibility index (Phi) is 5.52. The lowest BCUT2D eigenvalue weighted by Crippen LogP contribution is -2.37. The van der Waals surface area contributed by atoms with Crippen molar-refractivity contribution in [3.63, 3.8) is 0 Å². The second kappa shape index (κ2) is 8.44. The van der Waals surface area contributed by atoms with Crippen LogP contribution in [0.25, 0.3) is 0 Å². The van der Waals surface area contributed by atoms with Crippen molar-refractivity contribution in [2.24, 2.45) is 0 Å². The maximum absolute atomic E-state index is 6.39. The molecule has 3 heterocycles. The zero-order valence-electron chi connectivity index (χ0n) is 17.0. The molecule has 1 N–H and O–H groups in total. The lowest BCUT2D eigenvalue weighted by atomic mass is 10.0. The smallest absolute Gasteiger partial charge is 0.170 e. The van der Waals surface area contributed by atoms with Crippen molar-refractivity contribution in [1.82, 2.24) is 15.2 Å². The van der Waals surface area contributed by atoms with Gasteiger partial charge in [-0.2, -0.15) is 0 Å². The zero-order valence-corrected chi connectivity index (χ0v) is 18.6. The molecule has 4 nitrogen and oxygen atoms in total. The molecule has 2 fully saturated rings. The van der Waals surface area contributed by atoms with Gasteiger partial charge in [-0.15, -0.1) is 0 Å². The quantitative estimate of drug-likeness (QED) is 0.492. The average molecular weight is 436 g/mol. The van der Waals surface area contributed by atoms with Gasteiger partial charge >= 0.3 is 0 Å². The summed E-state index contributed by atoms with van der Waals surface area (Å²) in [7, 11) is 0. The molecule has 0 radical (unpaired) electrons. The van der Waals surface area contributed by atoms with Crippen LogP contribution < -0.4 is 5.32 Å². The van der Waals surface area contributed by atoms with Crippen LogP contribution in [0.4, 0.5) is 0 Å². The number of benzene rings is 1. The van der Waals surface area contributed by atoms with Crippen LogP contribution in [-0.4, -0.2) is 21.0 Å². The van der Waals surface area contributed by atoms with Gasteiger partial charge in [-0.1, -0.05) is 48.4 Å². The Hall–Kier alpha value is -2.31. The minimum Gasteiger partial charge on any atom is -0.452 e. The molecule has 0 bridgehead atoms. The lowest BCUT2D eigenvalue weighted by molar-refractivity contribution is 0.210. The molecule has 1 saturated heterocycles. The highest BCUT2D eigenvalue weighted by Gasteiger charge is 2.45. The maximum atomic E-state index is 6.39. The van der Waals surface area contributed by atoms with Gasteiger partial charge in [0.05, 0.1) is 11.7 Å². The van der Waals surface area contributed by atoms with Crippen LogP contribution in [-0.2, 0) is 0 Å². The van der Waals surface area contributed by atoms with Crippen molar-refractivity contribution < 1.29 is 4.42 Å². The van der Waals surface area contributed by atoms with E-state index >= 15 is 0 Å². The fraction of sp³-hybridized carbons (Fsp3) is 0.333. The largest absolute Gasteiger partial charge is 0.452 e. The molecule has 2 unspecified atom stereocenters. The molecule has 154 valence electrons. The van der Waals surface area contributed by atoms with Gasteiger partial charge in [-0.05, 0) is 68.4 Å². The first-order chi connectivity index (χ1) is 14.7. The Morgan fingerprint density at radius 3 is 2.60 bits per heavy atom. The number of thiocarbonyl (C=S) groups is 1. The Labute approximate surface area is 187 Å². The van der Waals surface area contributed by atoms with Crippen molar-refractivity contribution in [1.29, 1.82) is 0 Å². The number of rotatable bonds is 5. The molecule has 1 aliphatic carbocycles. The van der Waals surface area contributed by atoms with E-state index in [1.807, 2.05) is 18.3 Å². The highest BCUT2D eigenvalue weighted by atomic mass is 32.2. The zero-order chi connectivity index (χ0) is 20.5. The number of nitrogens with zero attached hydrogens (tertiary/aromatic N) is 2. The van der Waals surface area contributed by atoms with E-state index in [2.05, 4.69) is 64.6 Å². The van der Waals surface area contributed by atoms with E-state index in [1.54, 1.807) is 11.8 Å². The summed E-state index contributed by atoms with van der Waals surface area (Å²) < 4.78 is 6.39. The lowest BCUT2D eigenvalue weighted by Gasteiger charge is -2.31. The SMILES string of the molecule is Cc1ccc(Sc2ccc(C3C(c4ccccn4)NC(=S)N3C3CCCC3)o2)cc1. The van der Waals surface area contributed by atoms with E-state index in [0.29, 0.717) is 6.04 Å². The van der Waals surface area contributed by atoms with Crippen molar-refractivity contribution in [3.8, 4) is 0 Å². The van der Waals surface area contributed by atoms with E-state index in [9.17, 15) is 0 Å². The van der Waals surface area contributed by atoms with Gasteiger partial charge in [0.2, 0.25) is 0 Å². The topological polar surface area (TPSA) is 41.3 Å². The predicted octanol–water partition coefficient (Wildman–Crippen LogP) is 6.05. The van der Waals surface area contributed by atoms with Crippen molar-refractivity contribution in [2.45, 2.75) is 60.7 Å². The molecule has 1 aliphatic heterocycles. The number of nitrogens with one attached hydrogen (secondary N) is 1. The highest BCUT2D eigenvalue weighted by molar-refractivity contribution is 7.99. The number of furan rings is 1. The summed E-state index contributed by atoms with van der Waals surface area (Å²) in [5, 5.41) is 5.25. The second-order valence-electron chi connectivity index (χ2n) is 8.04. The molecule has 2 aromatic heterocycles. The summed E-state index contributed by atoms with van der Waals surface area (Å²) in [5.41, 5.74) is 2.25. The average Bonchev–Trinajstić information content (AvgIpc) is 3.50. The number of aromatic nitrogens is 1. The molecular weight excluding hydrogens is 410 g/mol. The van der Waals surface area contributed by atoms with Crippen LogP contribution >= 0.6 is 24.0 Å². The molecular formula is C24H25N3OS2. The highest BCUT2D eigenvalue weighted by Crippen LogP contribution is 2.44. The summed E-state index contributed by atoms with van der Waals surface area (Å²) in [6.45, 7) is 2.10. The fourth-order valence-electron chi connectivity index (χ4n) is 4.52. The first-order valence-corrected chi connectivity index (χ1v) is 11.8. The normalized spacial score (nSPS) is 21.9. The summed E-state index contributed by atoms with van der Waals surface area (Å²) in [6.07, 6.45) is 6.73. The van der Waals surface area contributed by atoms with Gasteiger partial charge in [0, 0.05) is 17.1 Å². The molecule has 1 aromatic carbocycles. The molecule has 30 heavy (non-hydrogen) atoms. The monoisotopic (exact) mass is 435 g/mol. The van der Waals surface area contributed by atoms with Gasteiger partial charge in [0.1, 0.15) is 11.8 Å². The van der Waals surface area contributed by atoms with Crippen molar-refractivity contribution >= 4 is 29.1 Å². The molecule has 1 saturated carbocycles. The van der Waals surface area contributed by atoms with E-state index in [0.717, 1.165) is 21.7 Å². The third-order valence-electron chi connectivity index (χ3n) is 5.99. The Balaban J connectivity index is 1.47. The van der Waals surface area contributed by atoms with E-state index in [4.69, 9.17) is 16.6 Å². The maximum Gasteiger partial charge on any atom is 0.170 e. The first-order valence-electron chi connectivity index (χ1n) is 10.5. The van der Waals surface area contributed by atoms with E-state index in [1.165, 1.54) is 36.1 Å². The summed E-state index contributed by atoms with van der Waals surface area (Å²) in [4.78, 5) is 8.17. The molecule has 0 spiro atoms. The van der Waals surface area contributed by atoms with Gasteiger partial charge in [0.25, 0.3) is 0 Å². The minimum absolute atomic E-state index is 0.0114. The molecule has 5 rings (SSSR count). The van der Waals surface area contributed by atoms with Crippen LogP contribution in [0.2, 0.25) is 0 Å². The summed E-state index contributed by atoms with van der Waals surface area (Å²) in [5.74, 6) is 0.944. The Bertz CT molecular complexity index is 1010. The first kappa shape index (κ1) is 19.6. The molecule has 2 atom stereocenters. The predicted molar refractivity (Wildman–Crippen MR) is 124 cm³/mol. The van der Waals surface area contributed by atoms with Gasteiger partial charge in [0.15, 0.2) is 10.2 Å². The van der Waals surface area contributed by atoms with E-state index < -0.39 is 0 Å². The third kappa shape index (κ3) is 3.86. The Morgan fingerprint density at radius 1 is 1.07 bits per heavy atom. The molecule has 0 amide bonds. The van der Waals surface area contributed by atoms with Crippen LogP contribution in [0.5, 0.6) is 0 Å². The second-order valence-corrected chi connectivity index (χ2v) is 9.51. The summed E-state index contributed by atoms with van der Waals surface area (Å²) >= 11 is 7.45. The van der Waals surface area contributed by atoms with Gasteiger partial charge in [-0.25, -0.2) is 0 Å². The van der Waals surface area contributed by atoms with Crippen LogP contribution in [0.1, 0.15) is 54.8 Å². The van der Waals surface area contributed by atoms with Crippen LogP contribution in [0.15, 0.2) is 75.2 Å². The number of hydrogen-bond donors (Lipinski definition) is 1. The molecule has 6 heteroatoms. The minimum atomic E-state index is -0.0114. The van der Waals surface area contributed by atoms with Gasteiger partial charge in [-0.3, -0.25) is 4.98 Å². The van der Waals surface area contributed by atoms with E-state index in [-0.39, 0.29) is 12.1 Å². The number of hydrogen-bond acceptors (Lipinski definition) is 4. The number of aryl methyl sites for hydroxylation is 1. The fourth-order valence-corrected chi connectivity index (χ4v) is 5.68. The standard InChI is InChI=1S/C24H25N3OS2/c1-16-9-11-18(12-10-16)30-21-14-13-20(28-21)23-22(19-8-4-5-15-25-19)26-24(29)27(23)17-6-2-3-7-17/h4-5,8-15,17,22-23H,2-3,6-7H2,1H3,(H,26,29). The number of pyridine rings is 1. The molecule has 2 aliphatic rings. The Morgan fingerprint density at radius 2 is 1.87 bits per heavy atom. The van der Waals surface area contributed by atoms with Gasteiger partial charge < -0.3 is 14.6 Å². The third-order valence-corrected chi connectivity index (χ3v) is 7.24. The van der Waals surface area contributed by atoms with Crippen LogP contribution in [0, 0.1) is 6.92 Å². The van der Waals surface area contributed by atoms with Crippen LogP contribution in [0.3, 0.4) is 0 Å². The molecule has 3 aromatic rings. The van der Waals surface area contributed by atoms with Crippen molar-refractivity contribution in [3.05, 3.63) is 77.8 Å². The van der Waals surface area contributed by atoms with Crippen molar-refractivity contribution in [2.75, 3.05) is 0 Å².